The van der Waals surface area contributed by atoms with Crippen LogP contribution in [0.15, 0.2) is 11.6 Å². The zero-order chi connectivity index (χ0) is 19.3. The SMILES string of the molecule is C/C(=C\CO[Si](C)(C)C)CCC[C@H](C)CCC[C@H](C)CCCC(C)C. The standard InChI is InChI=1S/C23H48OSi/c1-20(2)12-9-13-21(3)14-10-15-22(4)16-11-17-23(5)18-19-24-25(6,7)8/h18,20-22H,9-17,19H2,1-8H3/b23-18+/t21-,22-/m1/s1. The second kappa shape index (κ2) is 14.0. The number of allylic oxidation sites excluding steroid dienone is 1. The molecule has 0 aliphatic rings. The van der Waals surface area contributed by atoms with E-state index in [4.69, 9.17) is 4.43 Å². The summed E-state index contributed by atoms with van der Waals surface area (Å²) in [6.07, 6.45) is 14.7. The third-order valence-electron chi connectivity index (χ3n) is 5.09. The third-order valence-corrected chi connectivity index (χ3v) is 6.12. The van der Waals surface area contributed by atoms with Crippen LogP contribution in [0.5, 0.6) is 0 Å². The van der Waals surface area contributed by atoms with E-state index in [0.29, 0.717) is 0 Å². The summed E-state index contributed by atoms with van der Waals surface area (Å²) in [5.41, 5.74) is 1.50. The predicted octanol–water partition coefficient (Wildman–Crippen LogP) is 8.22. The van der Waals surface area contributed by atoms with Gasteiger partial charge < -0.3 is 4.43 Å². The van der Waals surface area contributed by atoms with Gasteiger partial charge in [-0.3, -0.25) is 0 Å². The quantitative estimate of drug-likeness (QED) is 0.209. The summed E-state index contributed by atoms with van der Waals surface area (Å²) in [4.78, 5) is 0. The van der Waals surface area contributed by atoms with Crippen LogP contribution in [0.2, 0.25) is 19.6 Å². The van der Waals surface area contributed by atoms with Crippen molar-refractivity contribution in [3.8, 4) is 0 Å². The summed E-state index contributed by atoms with van der Waals surface area (Å²) >= 11 is 0. The molecule has 0 heterocycles. The first-order chi connectivity index (χ1) is 11.6. The van der Waals surface area contributed by atoms with Crippen LogP contribution >= 0.6 is 0 Å². The van der Waals surface area contributed by atoms with Crippen molar-refractivity contribution in [3.05, 3.63) is 11.6 Å². The van der Waals surface area contributed by atoms with Crippen molar-refractivity contribution in [2.45, 2.75) is 112 Å². The van der Waals surface area contributed by atoms with Gasteiger partial charge in [-0.25, -0.2) is 0 Å². The highest BCUT2D eigenvalue weighted by molar-refractivity contribution is 6.69. The van der Waals surface area contributed by atoms with E-state index in [0.717, 1.165) is 24.4 Å². The van der Waals surface area contributed by atoms with Crippen molar-refractivity contribution in [1.29, 1.82) is 0 Å². The highest BCUT2D eigenvalue weighted by atomic mass is 28.4. The van der Waals surface area contributed by atoms with Crippen LogP contribution in [-0.2, 0) is 4.43 Å². The van der Waals surface area contributed by atoms with Crippen LogP contribution in [-0.4, -0.2) is 14.9 Å². The summed E-state index contributed by atoms with van der Waals surface area (Å²) in [5, 5.41) is 0. The Labute approximate surface area is 161 Å². The Morgan fingerprint density at radius 1 is 0.800 bits per heavy atom. The van der Waals surface area contributed by atoms with E-state index in [1.165, 1.54) is 63.4 Å². The van der Waals surface area contributed by atoms with Crippen LogP contribution < -0.4 is 0 Å². The topological polar surface area (TPSA) is 9.23 Å². The molecule has 0 N–H and O–H groups in total. The fourth-order valence-electron chi connectivity index (χ4n) is 3.24. The van der Waals surface area contributed by atoms with Crippen molar-refractivity contribution in [1.82, 2.24) is 0 Å². The minimum absolute atomic E-state index is 0.811. The Bertz CT molecular complexity index is 340. The summed E-state index contributed by atoms with van der Waals surface area (Å²) in [5.74, 6) is 2.67. The second-order valence-corrected chi connectivity index (χ2v) is 14.3. The summed E-state index contributed by atoms with van der Waals surface area (Å²) in [6, 6.07) is 0. The molecule has 25 heavy (non-hydrogen) atoms. The first-order valence-corrected chi connectivity index (χ1v) is 14.3. The monoisotopic (exact) mass is 368 g/mol. The maximum Gasteiger partial charge on any atom is 0.184 e. The van der Waals surface area contributed by atoms with Crippen LogP contribution in [0.1, 0.15) is 92.4 Å². The van der Waals surface area contributed by atoms with Gasteiger partial charge in [-0.05, 0) is 57.2 Å². The molecule has 150 valence electrons. The molecule has 0 rings (SSSR count). The lowest BCUT2D eigenvalue weighted by Crippen LogP contribution is -2.25. The van der Waals surface area contributed by atoms with Gasteiger partial charge in [-0.2, -0.15) is 0 Å². The lowest BCUT2D eigenvalue weighted by molar-refractivity contribution is 0.356. The average Bonchev–Trinajstić information content (AvgIpc) is 2.45. The first kappa shape index (κ1) is 24.9. The molecule has 0 saturated heterocycles. The molecule has 0 aromatic rings. The Morgan fingerprint density at radius 3 is 1.76 bits per heavy atom. The lowest BCUT2D eigenvalue weighted by atomic mass is 9.91. The molecule has 2 atom stereocenters. The minimum Gasteiger partial charge on any atom is -0.414 e. The van der Waals surface area contributed by atoms with Gasteiger partial charge in [0.05, 0.1) is 6.61 Å². The summed E-state index contributed by atoms with van der Waals surface area (Å²) in [6.45, 7) is 19.4. The number of rotatable bonds is 15. The molecule has 0 aromatic carbocycles. The highest BCUT2D eigenvalue weighted by Crippen LogP contribution is 2.22. The normalized spacial score (nSPS) is 15.6. The van der Waals surface area contributed by atoms with Crippen LogP contribution in [0.4, 0.5) is 0 Å². The molecule has 1 nitrogen and oxygen atoms in total. The molecule has 0 fully saturated rings. The van der Waals surface area contributed by atoms with Gasteiger partial charge in [-0.1, -0.05) is 84.3 Å². The molecular weight excluding hydrogens is 320 g/mol. The zero-order valence-corrected chi connectivity index (χ0v) is 19.8. The number of hydrogen-bond donors (Lipinski definition) is 0. The van der Waals surface area contributed by atoms with E-state index >= 15 is 0 Å². The van der Waals surface area contributed by atoms with Crippen LogP contribution in [0.25, 0.3) is 0 Å². The second-order valence-electron chi connectivity index (χ2n) is 9.83. The molecule has 0 unspecified atom stereocenters. The molecule has 2 heteroatoms. The third kappa shape index (κ3) is 18.5. The van der Waals surface area contributed by atoms with Crippen molar-refractivity contribution in [3.63, 3.8) is 0 Å². The van der Waals surface area contributed by atoms with Gasteiger partial charge in [0, 0.05) is 0 Å². The van der Waals surface area contributed by atoms with Crippen LogP contribution in [0.3, 0.4) is 0 Å². The lowest BCUT2D eigenvalue weighted by Gasteiger charge is -2.16. The molecule has 0 saturated carbocycles. The Morgan fingerprint density at radius 2 is 1.28 bits per heavy atom. The average molecular weight is 369 g/mol. The van der Waals surface area contributed by atoms with Gasteiger partial charge in [0.15, 0.2) is 8.32 Å². The first-order valence-electron chi connectivity index (χ1n) is 10.9. The van der Waals surface area contributed by atoms with E-state index in [1.807, 2.05) is 0 Å². The molecule has 0 radical (unpaired) electrons. The molecule has 0 aliphatic heterocycles. The highest BCUT2D eigenvalue weighted by Gasteiger charge is 2.12. The molecule has 0 aliphatic carbocycles. The van der Waals surface area contributed by atoms with Crippen molar-refractivity contribution < 1.29 is 4.43 Å². The van der Waals surface area contributed by atoms with E-state index in [9.17, 15) is 0 Å². The molecular formula is C23H48OSi. The van der Waals surface area contributed by atoms with Gasteiger partial charge in [0.1, 0.15) is 0 Å². The predicted molar refractivity (Wildman–Crippen MR) is 118 cm³/mol. The Kier molecular flexibility index (Phi) is 14.0. The summed E-state index contributed by atoms with van der Waals surface area (Å²) in [7, 11) is -1.36. The van der Waals surface area contributed by atoms with E-state index in [-0.39, 0.29) is 0 Å². The van der Waals surface area contributed by atoms with Gasteiger partial charge in [0.25, 0.3) is 0 Å². The largest absolute Gasteiger partial charge is 0.414 e. The maximum absolute atomic E-state index is 5.91. The van der Waals surface area contributed by atoms with Crippen molar-refractivity contribution >= 4 is 8.32 Å². The van der Waals surface area contributed by atoms with Crippen molar-refractivity contribution in [2.75, 3.05) is 6.61 Å². The maximum atomic E-state index is 5.91. The summed E-state index contributed by atoms with van der Waals surface area (Å²) < 4.78 is 5.91. The van der Waals surface area contributed by atoms with Gasteiger partial charge in [-0.15, -0.1) is 0 Å². The van der Waals surface area contributed by atoms with Gasteiger partial charge >= 0.3 is 0 Å². The number of hydrogen-bond acceptors (Lipinski definition) is 1. The van der Waals surface area contributed by atoms with Crippen LogP contribution in [0, 0.1) is 17.8 Å². The molecule has 0 aromatic heterocycles. The van der Waals surface area contributed by atoms with Crippen molar-refractivity contribution in [2.24, 2.45) is 17.8 Å². The fraction of sp³-hybridized carbons (Fsp3) is 0.913. The Balaban J connectivity index is 3.66. The smallest absolute Gasteiger partial charge is 0.184 e. The molecule has 0 bridgehead atoms. The fourth-order valence-corrected chi connectivity index (χ4v) is 3.83. The zero-order valence-electron chi connectivity index (χ0n) is 18.8. The molecule has 0 spiro atoms. The Hall–Kier alpha value is -0.0831. The van der Waals surface area contributed by atoms with E-state index < -0.39 is 8.32 Å². The van der Waals surface area contributed by atoms with E-state index in [2.05, 4.69) is 60.3 Å². The molecule has 0 amide bonds. The van der Waals surface area contributed by atoms with E-state index in [1.54, 1.807) is 0 Å². The minimum atomic E-state index is -1.36. The van der Waals surface area contributed by atoms with Gasteiger partial charge in [0.2, 0.25) is 0 Å².